The molecule has 0 aliphatic carbocycles. The number of fused-ring (bicyclic) bond motifs is 1. The zero-order chi connectivity index (χ0) is 8.39. The summed E-state index contributed by atoms with van der Waals surface area (Å²) in [4.78, 5) is 8.14. The van der Waals surface area contributed by atoms with E-state index in [-0.39, 0.29) is 0 Å². The molecule has 0 aliphatic rings. The molecule has 0 aliphatic heterocycles. The smallest absolute Gasteiger partial charge is 0.116 e. The topological polar surface area (TPSA) is 25.8 Å². The van der Waals surface area contributed by atoms with Crippen LogP contribution in [0.3, 0.4) is 0 Å². The van der Waals surface area contributed by atoms with Gasteiger partial charge in [0, 0.05) is 11.6 Å². The van der Waals surface area contributed by atoms with Gasteiger partial charge in [-0.05, 0) is 18.1 Å². The van der Waals surface area contributed by atoms with Crippen molar-refractivity contribution in [2.75, 3.05) is 0 Å². The molecule has 0 atom stereocenters. The van der Waals surface area contributed by atoms with Crippen molar-refractivity contribution in [2.24, 2.45) is 0 Å². The van der Waals surface area contributed by atoms with Crippen molar-refractivity contribution in [1.82, 2.24) is 9.97 Å². The van der Waals surface area contributed by atoms with E-state index >= 15 is 0 Å². The van der Waals surface area contributed by atoms with Crippen LogP contribution in [0.25, 0.3) is 10.9 Å². The third kappa shape index (κ3) is 1.16. The van der Waals surface area contributed by atoms with Crippen LogP contribution in [0.4, 0.5) is 0 Å². The molecule has 2 nitrogen and oxygen atoms in total. The summed E-state index contributed by atoms with van der Waals surface area (Å²) < 4.78 is 0. The Kier molecular flexibility index (Phi) is 1.74. The molecule has 2 heteroatoms. The molecule has 0 fully saturated rings. The summed E-state index contributed by atoms with van der Waals surface area (Å²) in [6.07, 6.45) is 4.48. The van der Waals surface area contributed by atoms with E-state index in [1.165, 1.54) is 5.56 Å². The molecule has 1 aromatic heterocycles. The van der Waals surface area contributed by atoms with Gasteiger partial charge in [-0.25, -0.2) is 9.97 Å². The highest BCUT2D eigenvalue weighted by molar-refractivity contribution is 5.77. The fourth-order valence-electron chi connectivity index (χ4n) is 1.24. The van der Waals surface area contributed by atoms with Crippen molar-refractivity contribution in [2.45, 2.75) is 13.3 Å². The molecule has 0 saturated carbocycles. The molecule has 60 valence electrons. The van der Waals surface area contributed by atoms with Crippen molar-refractivity contribution in [1.29, 1.82) is 0 Å². The Labute approximate surface area is 71.3 Å². The highest BCUT2D eigenvalue weighted by Crippen LogP contribution is 2.11. The first-order valence-corrected chi connectivity index (χ1v) is 4.09. The van der Waals surface area contributed by atoms with Gasteiger partial charge in [-0.15, -0.1) is 0 Å². The fourth-order valence-corrected chi connectivity index (χ4v) is 1.24. The summed E-state index contributed by atoms with van der Waals surface area (Å²) >= 11 is 0. The van der Waals surface area contributed by atoms with Gasteiger partial charge in [0.1, 0.15) is 6.33 Å². The molecule has 1 aromatic carbocycles. The third-order valence-electron chi connectivity index (χ3n) is 1.98. The zero-order valence-corrected chi connectivity index (χ0v) is 6.99. The number of aromatic nitrogens is 2. The largest absolute Gasteiger partial charge is 0.244 e. The Morgan fingerprint density at radius 2 is 2.25 bits per heavy atom. The van der Waals surface area contributed by atoms with Gasteiger partial charge in [-0.1, -0.05) is 19.1 Å². The van der Waals surface area contributed by atoms with E-state index < -0.39 is 0 Å². The summed E-state index contributed by atoms with van der Waals surface area (Å²) in [5.41, 5.74) is 2.35. The van der Waals surface area contributed by atoms with Gasteiger partial charge in [0.2, 0.25) is 0 Å². The minimum atomic E-state index is 1.03. The van der Waals surface area contributed by atoms with Crippen molar-refractivity contribution >= 4 is 10.9 Å². The number of benzene rings is 1. The number of nitrogens with zero attached hydrogens (tertiary/aromatic N) is 2. The standard InChI is InChI=1S/C10H10N2/c1-2-8-3-4-9-6-11-7-12-10(9)5-8/h3-7H,2H2,1H3. The summed E-state index contributed by atoms with van der Waals surface area (Å²) in [7, 11) is 0. The van der Waals surface area contributed by atoms with E-state index in [0.717, 1.165) is 17.3 Å². The minimum Gasteiger partial charge on any atom is -0.244 e. The number of hydrogen-bond donors (Lipinski definition) is 0. The normalized spacial score (nSPS) is 10.4. The Morgan fingerprint density at radius 3 is 3.08 bits per heavy atom. The number of hydrogen-bond acceptors (Lipinski definition) is 2. The summed E-state index contributed by atoms with van der Waals surface area (Å²) in [6, 6.07) is 6.29. The molecule has 2 aromatic rings. The third-order valence-corrected chi connectivity index (χ3v) is 1.98. The molecule has 12 heavy (non-hydrogen) atoms. The van der Waals surface area contributed by atoms with Crippen molar-refractivity contribution < 1.29 is 0 Å². The van der Waals surface area contributed by atoms with E-state index in [2.05, 4.69) is 35.1 Å². The Hall–Kier alpha value is -1.44. The average molecular weight is 158 g/mol. The van der Waals surface area contributed by atoms with E-state index in [1.54, 1.807) is 6.33 Å². The second kappa shape index (κ2) is 2.89. The fraction of sp³-hybridized carbons (Fsp3) is 0.200. The molecule has 0 unspecified atom stereocenters. The maximum Gasteiger partial charge on any atom is 0.116 e. The van der Waals surface area contributed by atoms with E-state index in [1.807, 2.05) is 6.20 Å². The maximum absolute atomic E-state index is 4.18. The Bertz CT molecular complexity index is 396. The summed E-state index contributed by atoms with van der Waals surface area (Å²) in [5.74, 6) is 0. The van der Waals surface area contributed by atoms with Gasteiger partial charge in [-0.3, -0.25) is 0 Å². The van der Waals surface area contributed by atoms with Crippen LogP contribution in [0.15, 0.2) is 30.7 Å². The molecule has 2 rings (SSSR count). The van der Waals surface area contributed by atoms with Crippen LogP contribution < -0.4 is 0 Å². The Morgan fingerprint density at radius 1 is 1.33 bits per heavy atom. The van der Waals surface area contributed by atoms with Gasteiger partial charge in [0.25, 0.3) is 0 Å². The molecular formula is C10H10N2. The van der Waals surface area contributed by atoms with Crippen molar-refractivity contribution in [3.05, 3.63) is 36.3 Å². The Balaban J connectivity index is 2.67. The first-order chi connectivity index (χ1) is 5.90. The van der Waals surface area contributed by atoms with Crippen molar-refractivity contribution in [3.63, 3.8) is 0 Å². The van der Waals surface area contributed by atoms with Gasteiger partial charge >= 0.3 is 0 Å². The van der Waals surface area contributed by atoms with Crippen LogP contribution >= 0.6 is 0 Å². The minimum absolute atomic E-state index is 1.03. The number of rotatable bonds is 1. The number of aryl methyl sites for hydroxylation is 1. The van der Waals surface area contributed by atoms with Crippen LogP contribution in [0.1, 0.15) is 12.5 Å². The molecule has 0 N–H and O–H groups in total. The zero-order valence-electron chi connectivity index (χ0n) is 6.99. The van der Waals surface area contributed by atoms with Gasteiger partial charge in [-0.2, -0.15) is 0 Å². The van der Waals surface area contributed by atoms with Crippen molar-refractivity contribution in [3.8, 4) is 0 Å². The van der Waals surface area contributed by atoms with Crippen LogP contribution in [0.2, 0.25) is 0 Å². The molecule has 0 amide bonds. The second-order valence-corrected chi connectivity index (χ2v) is 2.77. The van der Waals surface area contributed by atoms with Gasteiger partial charge in [0.05, 0.1) is 5.52 Å². The first-order valence-electron chi connectivity index (χ1n) is 4.09. The summed E-state index contributed by atoms with van der Waals surface area (Å²) in [5, 5.41) is 1.11. The van der Waals surface area contributed by atoms with E-state index in [4.69, 9.17) is 0 Å². The lowest BCUT2D eigenvalue weighted by Gasteiger charge is -1.98. The highest BCUT2D eigenvalue weighted by atomic mass is 14.8. The predicted octanol–water partition coefficient (Wildman–Crippen LogP) is 2.19. The molecule has 0 bridgehead atoms. The van der Waals surface area contributed by atoms with Crippen LogP contribution in [0.5, 0.6) is 0 Å². The highest BCUT2D eigenvalue weighted by Gasteiger charge is 1.94. The molecule has 0 radical (unpaired) electrons. The average Bonchev–Trinajstić information content (AvgIpc) is 2.17. The lowest BCUT2D eigenvalue weighted by atomic mass is 10.1. The van der Waals surface area contributed by atoms with Gasteiger partial charge in [0.15, 0.2) is 0 Å². The monoisotopic (exact) mass is 158 g/mol. The molecule has 0 spiro atoms. The maximum atomic E-state index is 4.18. The van der Waals surface area contributed by atoms with Gasteiger partial charge < -0.3 is 0 Å². The molecule has 0 saturated heterocycles. The lowest BCUT2D eigenvalue weighted by molar-refractivity contribution is 1.14. The first kappa shape index (κ1) is 7.22. The predicted molar refractivity (Wildman–Crippen MR) is 48.9 cm³/mol. The van der Waals surface area contributed by atoms with Crippen LogP contribution in [-0.2, 0) is 6.42 Å². The van der Waals surface area contributed by atoms with E-state index in [0.29, 0.717) is 0 Å². The molecular weight excluding hydrogens is 148 g/mol. The van der Waals surface area contributed by atoms with Crippen LogP contribution in [-0.4, -0.2) is 9.97 Å². The quantitative estimate of drug-likeness (QED) is 0.635. The SMILES string of the molecule is CCc1ccc2cncnc2c1. The molecule has 1 heterocycles. The second-order valence-electron chi connectivity index (χ2n) is 2.77. The van der Waals surface area contributed by atoms with Crippen LogP contribution in [0, 0.1) is 0 Å². The summed E-state index contributed by atoms with van der Waals surface area (Å²) in [6.45, 7) is 2.14. The van der Waals surface area contributed by atoms with E-state index in [9.17, 15) is 0 Å². The lowest BCUT2D eigenvalue weighted by Crippen LogP contribution is -1.83.